The van der Waals surface area contributed by atoms with Gasteiger partial charge in [-0.25, -0.2) is 4.68 Å². The molecule has 2 heterocycles. The Balaban J connectivity index is 2.02. The van der Waals surface area contributed by atoms with Crippen LogP contribution in [0.3, 0.4) is 0 Å². The second-order valence-electron chi connectivity index (χ2n) is 5.26. The molecular formula is C16H15BrN4O2S. The highest BCUT2D eigenvalue weighted by Crippen LogP contribution is 2.35. The predicted octanol–water partition coefficient (Wildman–Crippen LogP) is 3.62. The van der Waals surface area contributed by atoms with Gasteiger partial charge in [0.1, 0.15) is 17.2 Å². The summed E-state index contributed by atoms with van der Waals surface area (Å²) in [6.07, 6.45) is 0. The van der Waals surface area contributed by atoms with Gasteiger partial charge in [0.05, 0.1) is 17.3 Å². The zero-order valence-electron chi connectivity index (χ0n) is 13.4. The van der Waals surface area contributed by atoms with Crippen LogP contribution in [-0.2, 0) is 16.1 Å². The smallest absolute Gasteiger partial charge is 0.327 e. The molecule has 0 spiro atoms. The molecule has 0 aliphatic heterocycles. The van der Waals surface area contributed by atoms with Gasteiger partial charge in [0.25, 0.3) is 0 Å². The van der Waals surface area contributed by atoms with Crippen LogP contribution in [0.1, 0.15) is 11.3 Å². The van der Waals surface area contributed by atoms with E-state index in [-0.39, 0.29) is 12.5 Å². The molecular weight excluding hydrogens is 392 g/mol. The van der Waals surface area contributed by atoms with Crippen LogP contribution < -0.4 is 0 Å². The number of rotatable bonds is 4. The second-order valence-corrected chi connectivity index (χ2v) is 7.03. The number of aromatic nitrogens is 4. The number of halogens is 1. The van der Waals surface area contributed by atoms with Gasteiger partial charge in [-0.15, -0.1) is 10.2 Å². The fraction of sp³-hybridized carbons (Fsp3) is 0.250. The van der Waals surface area contributed by atoms with Crippen molar-refractivity contribution in [1.82, 2.24) is 20.0 Å². The van der Waals surface area contributed by atoms with Crippen molar-refractivity contribution in [3.63, 3.8) is 0 Å². The Kier molecular flexibility index (Phi) is 4.77. The maximum atomic E-state index is 11.6. The summed E-state index contributed by atoms with van der Waals surface area (Å²) in [5, 5.41) is 14.5. The fourth-order valence-corrected chi connectivity index (χ4v) is 3.78. The van der Waals surface area contributed by atoms with Crippen LogP contribution in [0.4, 0.5) is 0 Å². The first kappa shape index (κ1) is 16.8. The fourth-order valence-electron chi connectivity index (χ4n) is 2.28. The van der Waals surface area contributed by atoms with Crippen molar-refractivity contribution in [2.45, 2.75) is 20.4 Å². The summed E-state index contributed by atoms with van der Waals surface area (Å²) >= 11 is 4.99. The van der Waals surface area contributed by atoms with Crippen LogP contribution in [0.5, 0.6) is 0 Å². The number of nitrogens with zero attached hydrogens (tertiary/aromatic N) is 4. The van der Waals surface area contributed by atoms with Crippen LogP contribution in [0.2, 0.25) is 0 Å². The molecule has 3 aromatic rings. The largest absolute Gasteiger partial charge is 0.468 e. The monoisotopic (exact) mass is 406 g/mol. The first-order valence-electron chi connectivity index (χ1n) is 7.20. The van der Waals surface area contributed by atoms with Gasteiger partial charge < -0.3 is 4.74 Å². The number of esters is 1. The Morgan fingerprint density at radius 1 is 1.29 bits per heavy atom. The summed E-state index contributed by atoms with van der Waals surface area (Å²) in [5.74, 6) is -0.366. The van der Waals surface area contributed by atoms with Gasteiger partial charge >= 0.3 is 5.97 Å². The normalized spacial score (nSPS) is 10.8. The first-order valence-corrected chi connectivity index (χ1v) is 8.81. The van der Waals surface area contributed by atoms with Crippen LogP contribution in [0, 0.1) is 13.8 Å². The van der Waals surface area contributed by atoms with E-state index >= 15 is 0 Å². The molecule has 0 fully saturated rings. The van der Waals surface area contributed by atoms with Crippen LogP contribution in [-0.4, -0.2) is 33.1 Å². The van der Waals surface area contributed by atoms with E-state index in [2.05, 4.69) is 37.3 Å². The van der Waals surface area contributed by atoms with Gasteiger partial charge in [0.15, 0.2) is 5.01 Å². The van der Waals surface area contributed by atoms with E-state index in [9.17, 15) is 4.79 Å². The number of hydrogen-bond donors (Lipinski definition) is 0. The minimum Gasteiger partial charge on any atom is -0.468 e. The number of hydrogen-bond acceptors (Lipinski definition) is 6. The van der Waals surface area contributed by atoms with Gasteiger partial charge in [-0.3, -0.25) is 4.79 Å². The van der Waals surface area contributed by atoms with Gasteiger partial charge in [-0.2, -0.15) is 5.10 Å². The number of carbonyl (C=O) groups excluding carboxylic acids is 1. The zero-order valence-corrected chi connectivity index (χ0v) is 15.8. The van der Waals surface area contributed by atoms with E-state index in [0.717, 1.165) is 32.0 Å². The third kappa shape index (κ3) is 3.25. The molecule has 0 saturated carbocycles. The van der Waals surface area contributed by atoms with Gasteiger partial charge in [0, 0.05) is 5.56 Å². The summed E-state index contributed by atoms with van der Waals surface area (Å²) in [6, 6.07) is 8.10. The molecule has 6 nitrogen and oxygen atoms in total. The van der Waals surface area contributed by atoms with Crippen molar-refractivity contribution >= 4 is 33.2 Å². The maximum Gasteiger partial charge on any atom is 0.327 e. The quantitative estimate of drug-likeness (QED) is 0.618. The molecule has 3 rings (SSSR count). The molecule has 1 aromatic carbocycles. The van der Waals surface area contributed by atoms with E-state index in [1.54, 1.807) is 4.68 Å². The second kappa shape index (κ2) is 6.82. The third-order valence-electron chi connectivity index (χ3n) is 3.45. The molecule has 0 bridgehead atoms. The zero-order chi connectivity index (χ0) is 17.3. The summed E-state index contributed by atoms with van der Waals surface area (Å²) in [7, 11) is 1.36. The minimum absolute atomic E-state index is 0.0254. The molecule has 0 unspecified atom stereocenters. The van der Waals surface area contributed by atoms with Crippen molar-refractivity contribution in [2.24, 2.45) is 0 Å². The van der Waals surface area contributed by atoms with Crippen molar-refractivity contribution in [3.05, 3.63) is 40.0 Å². The van der Waals surface area contributed by atoms with Crippen LogP contribution in [0.25, 0.3) is 21.3 Å². The Morgan fingerprint density at radius 2 is 2.04 bits per heavy atom. The lowest BCUT2D eigenvalue weighted by atomic mass is 10.1. The number of ether oxygens (including phenoxy) is 1. The number of benzene rings is 1. The number of methoxy groups -OCH3 is 1. The van der Waals surface area contributed by atoms with Gasteiger partial charge in [0.2, 0.25) is 0 Å². The highest BCUT2D eigenvalue weighted by molar-refractivity contribution is 9.10. The van der Waals surface area contributed by atoms with Gasteiger partial charge in [-0.05, 0) is 35.8 Å². The molecule has 2 aromatic heterocycles. The molecule has 0 atom stereocenters. The Bertz CT molecular complexity index is 903. The SMILES string of the molecule is COC(=O)Cn1nc(C)c(Br)c1-c1nnc(-c2cccc(C)c2)s1. The van der Waals surface area contributed by atoms with Crippen molar-refractivity contribution < 1.29 is 9.53 Å². The molecule has 0 aliphatic carbocycles. The molecule has 0 amide bonds. The van der Waals surface area contributed by atoms with Crippen LogP contribution in [0.15, 0.2) is 28.7 Å². The van der Waals surface area contributed by atoms with Crippen LogP contribution >= 0.6 is 27.3 Å². The van der Waals surface area contributed by atoms with Gasteiger partial charge in [-0.1, -0.05) is 35.1 Å². The van der Waals surface area contributed by atoms with Crippen molar-refractivity contribution in [1.29, 1.82) is 0 Å². The Morgan fingerprint density at radius 3 is 2.75 bits per heavy atom. The minimum atomic E-state index is -0.366. The molecule has 124 valence electrons. The highest BCUT2D eigenvalue weighted by atomic mass is 79.9. The standard InChI is InChI=1S/C16H15BrN4O2S/c1-9-5-4-6-11(7-9)15-18-19-16(24-15)14-13(17)10(2)20-21(14)8-12(22)23-3/h4-7H,8H2,1-3H3. The average molecular weight is 407 g/mol. The highest BCUT2D eigenvalue weighted by Gasteiger charge is 2.21. The van der Waals surface area contributed by atoms with E-state index in [4.69, 9.17) is 4.74 Å². The average Bonchev–Trinajstić information content (AvgIpc) is 3.13. The van der Waals surface area contributed by atoms with E-state index in [1.807, 2.05) is 32.0 Å². The topological polar surface area (TPSA) is 69.9 Å². The van der Waals surface area contributed by atoms with Crippen molar-refractivity contribution in [3.8, 4) is 21.3 Å². The maximum absolute atomic E-state index is 11.6. The predicted molar refractivity (Wildman–Crippen MR) is 95.8 cm³/mol. The number of aryl methyl sites for hydroxylation is 2. The Hall–Kier alpha value is -2.06. The molecule has 24 heavy (non-hydrogen) atoms. The molecule has 8 heteroatoms. The summed E-state index contributed by atoms with van der Waals surface area (Å²) < 4.78 is 7.13. The van der Waals surface area contributed by atoms with E-state index in [0.29, 0.717) is 5.01 Å². The summed E-state index contributed by atoms with van der Waals surface area (Å²) in [4.78, 5) is 11.6. The Labute approximate surface area is 151 Å². The molecule has 0 aliphatic rings. The lowest BCUT2D eigenvalue weighted by molar-refractivity contribution is -0.141. The van der Waals surface area contributed by atoms with E-state index in [1.165, 1.54) is 18.4 Å². The van der Waals surface area contributed by atoms with Crippen molar-refractivity contribution in [2.75, 3.05) is 7.11 Å². The third-order valence-corrected chi connectivity index (χ3v) is 5.38. The molecule has 0 N–H and O–H groups in total. The molecule has 0 radical (unpaired) electrons. The summed E-state index contributed by atoms with van der Waals surface area (Å²) in [6.45, 7) is 3.93. The lowest BCUT2D eigenvalue weighted by Gasteiger charge is -2.03. The molecule has 0 saturated heterocycles. The lowest BCUT2D eigenvalue weighted by Crippen LogP contribution is -2.13. The van der Waals surface area contributed by atoms with E-state index < -0.39 is 0 Å². The summed E-state index contributed by atoms with van der Waals surface area (Å²) in [5.41, 5.74) is 3.69. The first-order chi connectivity index (χ1) is 11.5. The number of carbonyl (C=O) groups is 1.